The average molecular weight is 235 g/mol. The Labute approximate surface area is 95.7 Å². The van der Waals surface area contributed by atoms with Gasteiger partial charge < -0.3 is 14.8 Å². The summed E-state index contributed by atoms with van der Waals surface area (Å²) < 4.78 is 4.79. The van der Waals surface area contributed by atoms with Crippen molar-refractivity contribution in [1.29, 1.82) is 5.26 Å². The van der Waals surface area contributed by atoms with Gasteiger partial charge in [-0.05, 0) is 0 Å². The van der Waals surface area contributed by atoms with Crippen molar-refractivity contribution in [3.8, 4) is 6.07 Å². The predicted molar refractivity (Wildman–Crippen MR) is 56.4 cm³/mol. The highest BCUT2D eigenvalue weighted by Gasteiger charge is 2.15. The van der Waals surface area contributed by atoms with Crippen LogP contribution < -0.4 is 0 Å². The lowest BCUT2D eigenvalue weighted by atomic mass is 10.4. The van der Waals surface area contributed by atoms with Crippen LogP contribution in [0.2, 0.25) is 0 Å². The van der Waals surface area contributed by atoms with Crippen LogP contribution in [0.3, 0.4) is 0 Å². The van der Waals surface area contributed by atoms with E-state index in [2.05, 4.69) is 19.6 Å². The molecule has 0 bridgehead atoms. The van der Waals surface area contributed by atoms with Crippen LogP contribution in [0.1, 0.15) is 5.69 Å². The number of nitriles is 1. The molecule has 1 heterocycles. The maximum absolute atomic E-state index is 9.56. The summed E-state index contributed by atoms with van der Waals surface area (Å²) in [6.07, 6.45) is 1.01. The monoisotopic (exact) mass is 235 g/mol. The summed E-state index contributed by atoms with van der Waals surface area (Å²) in [6.45, 7) is 6.84. The van der Waals surface area contributed by atoms with Gasteiger partial charge in [-0.2, -0.15) is 9.99 Å². The van der Waals surface area contributed by atoms with Crippen LogP contribution in [0, 0.1) is 22.5 Å². The number of rotatable bonds is 2. The molecule has 1 aromatic heterocycles. The molecule has 0 aromatic carbocycles. The van der Waals surface area contributed by atoms with Crippen LogP contribution in [0.4, 0.5) is 11.6 Å². The van der Waals surface area contributed by atoms with E-state index in [1.807, 2.05) is 0 Å². The van der Waals surface area contributed by atoms with E-state index in [1.165, 1.54) is 7.11 Å². The summed E-state index contributed by atoms with van der Waals surface area (Å²) in [7, 11) is 1.36. The van der Waals surface area contributed by atoms with Gasteiger partial charge in [-0.1, -0.05) is 18.8 Å². The summed E-state index contributed by atoms with van der Waals surface area (Å²) in [4.78, 5) is 10.3. The lowest BCUT2D eigenvalue weighted by molar-refractivity contribution is 0.184. The Kier molecular flexibility index (Phi) is 3.53. The lowest BCUT2D eigenvalue weighted by Crippen LogP contribution is -2.01. The minimum absolute atomic E-state index is 0.180. The van der Waals surface area contributed by atoms with E-state index in [0.29, 0.717) is 4.73 Å². The van der Waals surface area contributed by atoms with Gasteiger partial charge in [-0.15, -0.1) is 4.98 Å². The summed E-state index contributed by atoms with van der Waals surface area (Å²) >= 11 is 4.75. The van der Waals surface area contributed by atoms with Crippen molar-refractivity contribution < 1.29 is 9.94 Å². The Bertz CT molecular complexity index is 578. The van der Waals surface area contributed by atoms with E-state index in [1.54, 1.807) is 6.07 Å². The molecule has 0 saturated heterocycles. The molecule has 0 aliphatic heterocycles. The first-order chi connectivity index (χ1) is 7.65. The van der Waals surface area contributed by atoms with Crippen molar-refractivity contribution in [2.75, 3.05) is 7.11 Å². The molecule has 1 rings (SSSR count). The molecular formula is C8H5N5O2S. The molecule has 1 N–H and O–H groups in total. The fourth-order valence-corrected chi connectivity index (χ4v) is 1.04. The van der Waals surface area contributed by atoms with Gasteiger partial charge >= 0.3 is 5.82 Å². The van der Waals surface area contributed by atoms with E-state index in [4.69, 9.17) is 24.1 Å². The first-order valence-electron chi connectivity index (χ1n) is 3.85. The molecule has 7 nitrogen and oxygen atoms in total. The molecule has 0 aliphatic carbocycles. The van der Waals surface area contributed by atoms with E-state index in [0.717, 1.165) is 6.40 Å². The summed E-state index contributed by atoms with van der Waals surface area (Å²) in [5.41, 5.74) is -0.208. The van der Waals surface area contributed by atoms with Crippen molar-refractivity contribution in [3.63, 3.8) is 0 Å². The van der Waals surface area contributed by atoms with Gasteiger partial charge in [-0.3, -0.25) is 0 Å². The highest BCUT2D eigenvalue weighted by atomic mass is 32.1. The van der Waals surface area contributed by atoms with E-state index in [-0.39, 0.29) is 22.0 Å². The lowest BCUT2D eigenvalue weighted by Gasteiger charge is -2.03. The molecule has 0 atom stereocenters. The molecule has 0 aliphatic rings. The van der Waals surface area contributed by atoms with Gasteiger partial charge in [0.15, 0.2) is 12.2 Å². The maximum atomic E-state index is 9.56. The Morgan fingerprint density at radius 1 is 1.81 bits per heavy atom. The van der Waals surface area contributed by atoms with Gasteiger partial charge in [0.2, 0.25) is 4.64 Å². The third-order valence-corrected chi connectivity index (χ3v) is 1.87. The smallest absolute Gasteiger partial charge is 0.317 e. The molecule has 0 amide bonds. The largest absolute Gasteiger partial charge is 0.486 e. The molecule has 16 heavy (non-hydrogen) atoms. The second kappa shape index (κ2) is 4.87. The van der Waals surface area contributed by atoms with Gasteiger partial charge in [0.25, 0.3) is 5.69 Å². The number of aromatic nitrogens is 2. The van der Waals surface area contributed by atoms with Crippen LogP contribution in [0.25, 0.3) is 4.85 Å². The molecule has 8 heteroatoms. The fraction of sp³-hybridized carbons (Fsp3) is 0.125. The number of hydrogen-bond acceptors (Lipinski definition) is 6. The highest BCUT2D eigenvalue weighted by molar-refractivity contribution is 7.71. The molecule has 0 fully saturated rings. The molecule has 80 valence electrons. The Morgan fingerprint density at radius 3 is 3.00 bits per heavy atom. The Hall–Kier alpha value is -2.45. The second-order valence-electron chi connectivity index (χ2n) is 2.42. The molecule has 0 saturated carbocycles. The van der Waals surface area contributed by atoms with Crippen LogP contribution >= 0.6 is 12.2 Å². The molecule has 1 aromatic rings. The van der Waals surface area contributed by atoms with Crippen molar-refractivity contribution in [3.05, 3.63) is 21.8 Å². The predicted octanol–water partition coefficient (Wildman–Crippen LogP) is 1.58. The van der Waals surface area contributed by atoms with Crippen molar-refractivity contribution in [2.24, 2.45) is 4.99 Å². The molecule has 0 radical (unpaired) electrons. The highest BCUT2D eigenvalue weighted by Crippen LogP contribution is 2.25. The van der Waals surface area contributed by atoms with Crippen LogP contribution in [-0.4, -0.2) is 28.4 Å². The zero-order valence-corrected chi connectivity index (χ0v) is 8.89. The van der Waals surface area contributed by atoms with Crippen LogP contribution in [0.5, 0.6) is 0 Å². The normalized spacial score (nSPS) is 9.69. The average Bonchev–Trinajstić information content (AvgIpc) is 2.31. The van der Waals surface area contributed by atoms with Crippen molar-refractivity contribution >= 4 is 30.3 Å². The van der Waals surface area contributed by atoms with Gasteiger partial charge in [0, 0.05) is 0 Å². The number of hydrogen-bond donors (Lipinski definition) is 1. The maximum Gasteiger partial charge on any atom is 0.317 e. The Balaban J connectivity index is 3.57. The number of nitrogens with zero attached hydrogens (tertiary/aromatic N) is 5. The SMILES string of the molecule is [C-]#[N+]c1nc(C#N)c(=S)n(O)c1N=COC. The number of ether oxygens (including phenoxy) is 1. The van der Waals surface area contributed by atoms with E-state index >= 15 is 0 Å². The van der Waals surface area contributed by atoms with Crippen LogP contribution in [-0.2, 0) is 4.74 Å². The van der Waals surface area contributed by atoms with Crippen molar-refractivity contribution in [1.82, 2.24) is 9.71 Å². The minimum Gasteiger partial charge on any atom is -0.486 e. The zero-order chi connectivity index (χ0) is 12.1. The van der Waals surface area contributed by atoms with Gasteiger partial charge in [0.1, 0.15) is 6.07 Å². The minimum atomic E-state index is -0.235. The van der Waals surface area contributed by atoms with Crippen molar-refractivity contribution in [2.45, 2.75) is 0 Å². The Morgan fingerprint density at radius 2 is 2.50 bits per heavy atom. The molecular weight excluding hydrogens is 230 g/mol. The van der Waals surface area contributed by atoms with Gasteiger partial charge in [-0.25, -0.2) is 4.99 Å². The standard InChI is InChI=1S/C8H5N5O2S/c1-10-6-7(11-4-15-2)13(14)8(16)5(3-9)12-6/h4,14H,2H3. The summed E-state index contributed by atoms with van der Waals surface area (Å²) in [5.74, 6) is -0.415. The fourth-order valence-electron chi connectivity index (χ4n) is 0.858. The van der Waals surface area contributed by atoms with Crippen LogP contribution in [0.15, 0.2) is 4.99 Å². The third kappa shape index (κ3) is 1.97. The van der Waals surface area contributed by atoms with E-state index in [9.17, 15) is 5.21 Å². The first kappa shape index (κ1) is 11.6. The number of methoxy groups -OCH3 is 1. The molecule has 0 spiro atoms. The zero-order valence-electron chi connectivity index (χ0n) is 8.08. The number of aliphatic imine (C=N–C) groups is 1. The topological polar surface area (TPSA) is 87.8 Å². The summed E-state index contributed by atoms with van der Waals surface area (Å²) in [5, 5.41) is 18.2. The molecule has 0 unspecified atom stereocenters. The quantitative estimate of drug-likeness (QED) is 0.276. The van der Waals surface area contributed by atoms with E-state index < -0.39 is 0 Å². The van der Waals surface area contributed by atoms with Gasteiger partial charge in [0.05, 0.1) is 7.11 Å². The second-order valence-corrected chi connectivity index (χ2v) is 2.81. The first-order valence-corrected chi connectivity index (χ1v) is 4.25. The summed E-state index contributed by atoms with van der Waals surface area (Å²) in [6, 6.07) is 1.67. The third-order valence-electron chi connectivity index (χ3n) is 1.51.